The lowest BCUT2D eigenvalue weighted by atomic mass is 9.46. The standard InChI is InChI=1S/C23H39NO5/c1-22-10-9-19-23(2,15-28-21(29-19)14-27-3)18(22)8-7-17(25)16(22)13-20(26)24-11-5-4-6-12-24/h16-19,21,25H,4-15H2,1-3H3/t16-,17-,18-,19-,21-,22+,23+/m1/s1. The molecule has 2 heterocycles. The first kappa shape index (κ1) is 21.5. The lowest BCUT2D eigenvalue weighted by molar-refractivity contribution is -0.316. The first-order valence-corrected chi connectivity index (χ1v) is 11.6. The predicted octanol–water partition coefficient (Wildman–Crippen LogP) is 2.97. The normalized spacial score (nSPS) is 45.4. The number of carbonyl (C=O) groups is 1. The van der Waals surface area contributed by atoms with Gasteiger partial charge in [0.2, 0.25) is 5.91 Å². The van der Waals surface area contributed by atoms with E-state index in [2.05, 4.69) is 13.8 Å². The summed E-state index contributed by atoms with van der Waals surface area (Å²) in [6.45, 7) is 7.49. The van der Waals surface area contributed by atoms with E-state index in [-0.39, 0.29) is 35.0 Å². The molecule has 0 aromatic carbocycles. The number of hydrogen-bond donors (Lipinski definition) is 1. The number of methoxy groups -OCH3 is 1. The van der Waals surface area contributed by atoms with Crippen molar-refractivity contribution in [1.29, 1.82) is 0 Å². The second-order valence-corrected chi connectivity index (χ2v) is 10.3. The fourth-order valence-corrected chi connectivity index (χ4v) is 6.97. The molecule has 0 radical (unpaired) electrons. The Hall–Kier alpha value is -0.690. The van der Waals surface area contributed by atoms with Crippen molar-refractivity contribution in [3.8, 4) is 0 Å². The Bertz CT molecular complexity index is 594. The van der Waals surface area contributed by atoms with Gasteiger partial charge in [-0.2, -0.15) is 0 Å². The summed E-state index contributed by atoms with van der Waals surface area (Å²) in [5.74, 6) is 0.643. The van der Waals surface area contributed by atoms with E-state index in [9.17, 15) is 9.90 Å². The molecule has 2 aliphatic heterocycles. The van der Waals surface area contributed by atoms with Gasteiger partial charge >= 0.3 is 0 Å². The third kappa shape index (κ3) is 3.86. The number of nitrogens with zero attached hydrogens (tertiary/aromatic N) is 1. The molecule has 6 nitrogen and oxygen atoms in total. The van der Waals surface area contributed by atoms with Crippen molar-refractivity contribution in [3.63, 3.8) is 0 Å². The maximum Gasteiger partial charge on any atom is 0.222 e. The molecule has 4 aliphatic rings. The van der Waals surface area contributed by atoms with Crippen LogP contribution in [0.3, 0.4) is 0 Å². The molecule has 7 atom stereocenters. The van der Waals surface area contributed by atoms with Crippen LogP contribution in [0.15, 0.2) is 0 Å². The Morgan fingerprint density at radius 3 is 2.62 bits per heavy atom. The molecule has 6 heteroatoms. The highest BCUT2D eigenvalue weighted by molar-refractivity contribution is 5.76. The van der Waals surface area contributed by atoms with Crippen LogP contribution in [-0.4, -0.2) is 67.8 Å². The minimum absolute atomic E-state index is 0.0187. The van der Waals surface area contributed by atoms with E-state index in [0.29, 0.717) is 25.6 Å². The number of aliphatic hydroxyl groups excluding tert-OH is 1. The number of carbonyl (C=O) groups excluding carboxylic acids is 1. The Morgan fingerprint density at radius 1 is 1.14 bits per heavy atom. The van der Waals surface area contributed by atoms with Gasteiger partial charge in [-0.25, -0.2) is 0 Å². The summed E-state index contributed by atoms with van der Waals surface area (Å²) in [6.07, 6.45) is 7.07. The largest absolute Gasteiger partial charge is 0.393 e. The van der Waals surface area contributed by atoms with Crippen molar-refractivity contribution in [3.05, 3.63) is 0 Å². The fourth-order valence-electron chi connectivity index (χ4n) is 6.97. The van der Waals surface area contributed by atoms with Gasteiger partial charge in [-0.1, -0.05) is 13.8 Å². The topological polar surface area (TPSA) is 68.2 Å². The zero-order chi connectivity index (χ0) is 20.6. The van der Waals surface area contributed by atoms with Crippen molar-refractivity contribution < 1.29 is 24.1 Å². The molecular weight excluding hydrogens is 370 g/mol. The van der Waals surface area contributed by atoms with Gasteiger partial charge in [0.1, 0.15) is 0 Å². The van der Waals surface area contributed by atoms with Crippen LogP contribution in [0.1, 0.15) is 65.2 Å². The lowest BCUT2D eigenvalue weighted by Gasteiger charge is -2.63. The molecule has 0 unspecified atom stereocenters. The second-order valence-electron chi connectivity index (χ2n) is 10.3. The maximum atomic E-state index is 13.1. The van der Waals surface area contributed by atoms with Crippen molar-refractivity contribution in [2.24, 2.45) is 22.7 Å². The van der Waals surface area contributed by atoms with Gasteiger partial charge in [-0.15, -0.1) is 0 Å². The highest BCUT2D eigenvalue weighted by Gasteiger charge is 2.61. The first-order chi connectivity index (χ1) is 13.9. The van der Waals surface area contributed by atoms with Gasteiger partial charge in [0.05, 0.1) is 25.4 Å². The summed E-state index contributed by atoms with van der Waals surface area (Å²) in [7, 11) is 1.67. The highest BCUT2D eigenvalue weighted by Crippen LogP contribution is 2.62. The molecule has 1 N–H and O–H groups in total. The van der Waals surface area contributed by atoms with Crippen LogP contribution in [0.5, 0.6) is 0 Å². The monoisotopic (exact) mass is 409 g/mol. The van der Waals surface area contributed by atoms with Crippen LogP contribution >= 0.6 is 0 Å². The van der Waals surface area contributed by atoms with E-state index in [1.54, 1.807) is 7.11 Å². The molecule has 1 amide bonds. The Morgan fingerprint density at radius 2 is 1.90 bits per heavy atom. The molecule has 0 bridgehead atoms. The molecule has 2 saturated carbocycles. The quantitative estimate of drug-likeness (QED) is 0.773. The van der Waals surface area contributed by atoms with Crippen LogP contribution in [0.2, 0.25) is 0 Å². The molecule has 2 saturated heterocycles. The molecule has 4 rings (SSSR count). The van der Waals surface area contributed by atoms with E-state index >= 15 is 0 Å². The summed E-state index contributed by atoms with van der Waals surface area (Å²) < 4.78 is 17.5. The van der Waals surface area contributed by atoms with E-state index < -0.39 is 6.10 Å². The Labute approximate surface area is 175 Å². The van der Waals surface area contributed by atoms with Crippen molar-refractivity contribution in [2.75, 3.05) is 33.4 Å². The van der Waals surface area contributed by atoms with Gasteiger partial charge in [0, 0.05) is 32.0 Å². The zero-order valence-electron chi connectivity index (χ0n) is 18.4. The molecule has 0 aromatic rings. The maximum absolute atomic E-state index is 13.1. The summed E-state index contributed by atoms with van der Waals surface area (Å²) in [5.41, 5.74) is -0.140. The summed E-state index contributed by atoms with van der Waals surface area (Å²) in [6, 6.07) is 0. The number of ether oxygens (including phenoxy) is 3. The van der Waals surface area contributed by atoms with Crippen molar-refractivity contribution in [1.82, 2.24) is 4.90 Å². The molecule has 166 valence electrons. The van der Waals surface area contributed by atoms with Crippen LogP contribution in [0.25, 0.3) is 0 Å². The summed E-state index contributed by atoms with van der Waals surface area (Å²) >= 11 is 0. The van der Waals surface area contributed by atoms with Crippen molar-refractivity contribution >= 4 is 5.91 Å². The van der Waals surface area contributed by atoms with Crippen LogP contribution < -0.4 is 0 Å². The summed E-state index contributed by atoms with van der Waals surface area (Å²) in [5, 5.41) is 11.0. The van der Waals surface area contributed by atoms with Gasteiger partial charge in [-0.3, -0.25) is 4.79 Å². The summed E-state index contributed by atoms with van der Waals surface area (Å²) in [4.78, 5) is 15.1. The third-order valence-electron chi connectivity index (χ3n) is 8.64. The number of likely N-dealkylation sites (tertiary alicyclic amines) is 1. The van der Waals surface area contributed by atoms with E-state index in [1.165, 1.54) is 6.42 Å². The lowest BCUT2D eigenvalue weighted by Crippen LogP contribution is -2.63. The molecular formula is C23H39NO5. The minimum atomic E-state index is -0.392. The molecule has 29 heavy (non-hydrogen) atoms. The van der Waals surface area contributed by atoms with Crippen LogP contribution in [-0.2, 0) is 19.0 Å². The van der Waals surface area contributed by atoms with E-state index in [4.69, 9.17) is 14.2 Å². The number of amides is 1. The highest BCUT2D eigenvalue weighted by atomic mass is 16.7. The molecule has 0 aromatic heterocycles. The smallest absolute Gasteiger partial charge is 0.222 e. The second kappa shape index (κ2) is 8.45. The van der Waals surface area contributed by atoms with Crippen molar-refractivity contribution in [2.45, 2.75) is 83.7 Å². The molecule has 0 spiro atoms. The van der Waals surface area contributed by atoms with E-state index in [0.717, 1.165) is 51.6 Å². The van der Waals surface area contributed by atoms with Crippen LogP contribution in [0.4, 0.5) is 0 Å². The average Bonchev–Trinajstić information content (AvgIpc) is 2.72. The number of hydrogen-bond acceptors (Lipinski definition) is 5. The Balaban J connectivity index is 1.51. The molecule has 4 fully saturated rings. The minimum Gasteiger partial charge on any atom is -0.393 e. The van der Waals surface area contributed by atoms with Gasteiger partial charge < -0.3 is 24.2 Å². The number of aliphatic hydroxyl groups is 1. The van der Waals surface area contributed by atoms with Gasteiger partial charge in [0.25, 0.3) is 0 Å². The van der Waals surface area contributed by atoms with Gasteiger partial charge in [0.15, 0.2) is 6.29 Å². The predicted molar refractivity (Wildman–Crippen MR) is 109 cm³/mol. The number of piperidine rings is 1. The van der Waals surface area contributed by atoms with Gasteiger partial charge in [-0.05, 0) is 62.2 Å². The van der Waals surface area contributed by atoms with Crippen LogP contribution in [0, 0.1) is 22.7 Å². The number of rotatable bonds is 4. The first-order valence-electron chi connectivity index (χ1n) is 11.6. The SMILES string of the molecule is COC[C@@H]1OC[C@@]2(C)[C@@H]3CC[C@@H](O)[C@@H](CC(=O)N4CCCCC4)[C@]3(C)CC[C@H]2O1. The zero-order valence-corrected chi connectivity index (χ0v) is 18.4. The fraction of sp³-hybridized carbons (Fsp3) is 0.957. The Kier molecular flexibility index (Phi) is 6.27. The number of fused-ring (bicyclic) bond motifs is 3. The van der Waals surface area contributed by atoms with E-state index in [1.807, 2.05) is 4.90 Å². The average molecular weight is 410 g/mol. The third-order valence-corrected chi connectivity index (χ3v) is 8.64. The molecule has 2 aliphatic carbocycles.